The molecule has 1 atom stereocenters. The zero-order valence-electron chi connectivity index (χ0n) is 9.86. The second kappa shape index (κ2) is 5.46. The molecule has 2 aromatic rings. The zero-order chi connectivity index (χ0) is 13.1. The highest BCUT2D eigenvalue weighted by Gasteiger charge is 2.15. The van der Waals surface area contributed by atoms with E-state index in [0.717, 1.165) is 12.8 Å². The topological polar surface area (TPSA) is 64.9 Å². The van der Waals surface area contributed by atoms with Gasteiger partial charge in [-0.25, -0.2) is 4.39 Å². The van der Waals surface area contributed by atoms with Crippen LogP contribution < -0.4 is 5.73 Å². The molecule has 0 amide bonds. The normalized spacial score (nSPS) is 12.7. The standard InChI is InChI=1S/C12H13ClFN3O/c1-2-3-10(15)11-16-12(18-17-11)7-4-5-9(14)8(13)6-7/h4-6,10H,2-3,15H2,1H3. The van der Waals surface area contributed by atoms with Gasteiger partial charge in [0, 0.05) is 5.56 Å². The Morgan fingerprint density at radius 2 is 2.28 bits per heavy atom. The van der Waals surface area contributed by atoms with Gasteiger partial charge in [-0.3, -0.25) is 0 Å². The van der Waals surface area contributed by atoms with Gasteiger partial charge >= 0.3 is 0 Å². The van der Waals surface area contributed by atoms with Gasteiger partial charge in [-0.1, -0.05) is 30.1 Å². The molecular formula is C12H13ClFN3O. The SMILES string of the molecule is CCCC(N)c1noc(-c2ccc(F)c(Cl)c2)n1. The van der Waals surface area contributed by atoms with Gasteiger partial charge in [-0.05, 0) is 24.6 Å². The summed E-state index contributed by atoms with van der Waals surface area (Å²) in [5.41, 5.74) is 6.45. The maximum Gasteiger partial charge on any atom is 0.258 e. The highest BCUT2D eigenvalue weighted by molar-refractivity contribution is 6.31. The molecule has 96 valence electrons. The summed E-state index contributed by atoms with van der Waals surface area (Å²) in [4.78, 5) is 4.19. The van der Waals surface area contributed by atoms with Crippen LogP contribution in [0.3, 0.4) is 0 Å². The number of rotatable bonds is 4. The summed E-state index contributed by atoms with van der Waals surface area (Å²) in [6.45, 7) is 2.03. The molecule has 1 heterocycles. The van der Waals surface area contributed by atoms with Gasteiger partial charge in [0.25, 0.3) is 5.89 Å². The van der Waals surface area contributed by atoms with Crippen LogP contribution >= 0.6 is 11.6 Å². The summed E-state index contributed by atoms with van der Waals surface area (Å²) in [5, 5.41) is 3.83. The van der Waals surface area contributed by atoms with E-state index in [1.807, 2.05) is 6.92 Å². The number of hydrogen-bond donors (Lipinski definition) is 1. The Morgan fingerprint density at radius 3 is 2.94 bits per heavy atom. The maximum absolute atomic E-state index is 13.0. The summed E-state index contributed by atoms with van der Waals surface area (Å²) >= 11 is 5.69. The molecule has 0 fully saturated rings. The van der Waals surface area contributed by atoms with Gasteiger partial charge in [0.05, 0.1) is 11.1 Å². The van der Waals surface area contributed by atoms with E-state index < -0.39 is 5.82 Å². The van der Waals surface area contributed by atoms with Crippen LogP contribution in [0.5, 0.6) is 0 Å². The molecule has 0 spiro atoms. The summed E-state index contributed by atoms with van der Waals surface area (Å²) < 4.78 is 18.1. The Balaban J connectivity index is 2.26. The first-order valence-electron chi connectivity index (χ1n) is 5.66. The summed E-state index contributed by atoms with van der Waals surface area (Å²) in [6, 6.07) is 3.99. The Kier molecular flexibility index (Phi) is 3.93. The second-order valence-corrected chi connectivity index (χ2v) is 4.39. The summed E-state index contributed by atoms with van der Waals surface area (Å²) in [6.07, 6.45) is 1.72. The van der Waals surface area contributed by atoms with E-state index >= 15 is 0 Å². The van der Waals surface area contributed by atoms with Crippen molar-refractivity contribution in [1.82, 2.24) is 10.1 Å². The van der Waals surface area contributed by atoms with E-state index in [1.165, 1.54) is 18.2 Å². The average Bonchev–Trinajstić information content (AvgIpc) is 2.82. The molecule has 0 aliphatic heterocycles. The van der Waals surface area contributed by atoms with Crippen molar-refractivity contribution in [3.8, 4) is 11.5 Å². The van der Waals surface area contributed by atoms with Crippen LogP contribution in [0.1, 0.15) is 31.6 Å². The minimum atomic E-state index is -0.483. The number of hydrogen-bond acceptors (Lipinski definition) is 4. The van der Waals surface area contributed by atoms with E-state index in [1.54, 1.807) is 0 Å². The Bertz CT molecular complexity index is 544. The maximum atomic E-state index is 13.0. The molecule has 0 bridgehead atoms. The fraction of sp³-hybridized carbons (Fsp3) is 0.333. The van der Waals surface area contributed by atoms with Crippen LogP contribution in [0.2, 0.25) is 5.02 Å². The highest BCUT2D eigenvalue weighted by atomic mass is 35.5. The van der Waals surface area contributed by atoms with Gasteiger partial charge in [-0.15, -0.1) is 0 Å². The third-order valence-electron chi connectivity index (χ3n) is 2.54. The van der Waals surface area contributed by atoms with Crippen molar-refractivity contribution in [3.05, 3.63) is 34.9 Å². The Labute approximate surface area is 109 Å². The number of nitrogens with zero attached hydrogens (tertiary/aromatic N) is 2. The van der Waals surface area contributed by atoms with Crippen LogP contribution in [0.4, 0.5) is 4.39 Å². The molecular weight excluding hydrogens is 257 g/mol. The van der Waals surface area contributed by atoms with Crippen LogP contribution in [0.25, 0.3) is 11.5 Å². The highest BCUT2D eigenvalue weighted by Crippen LogP contribution is 2.24. The lowest BCUT2D eigenvalue weighted by Crippen LogP contribution is -2.11. The largest absolute Gasteiger partial charge is 0.334 e. The number of aromatic nitrogens is 2. The third-order valence-corrected chi connectivity index (χ3v) is 2.83. The lowest BCUT2D eigenvalue weighted by atomic mass is 10.2. The van der Waals surface area contributed by atoms with Crippen molar-refractivity contribution >= 4 is 11.6 Å². The number of halogens is 2. The van der Waals surface area contributed by atoms with E-state index in [9.17, 15) is 4.39 Å². The molecule has 0 aliphatic carbocycles. The van der Waals surface area contributed by atoms with Gasteiger partial charge in [0.2, 0.25) is 0 Å². The molecule has 1 aromatic heterocycles. The first-order chi connectivity index (χ1) is 8.61. The van der Waals surface area contributed by atoms with Crippen molar-refractivity contribution < 1.29 is 8.91 Å². The van der Waals surface area contributed by atoms with Crippen LogP contribution in [-0.2, 0) is 0 Å². The quantitative estimate of drug-likeness (QED) is 0.925. The summed E-state index contributed by atoms with van der Waals surface area (Å²) in [7, 11) is 0. The molecule has 4 nitrogen and oxygen atoms in total. The van der Waals surface area contributed by atoms with Crippen molar-refractivity contribution in [1.29, 1.82) is 0 Å². The van der Waals surface area contributed by atoms with E-state index in [4.69, 9.17) is 21.9 Å². The van der Waals surface area contributed by atoms with Crippen LogP contribution in [-0.4, -0.2) is 10.1 Å². The molecule has 2 rings (SSSR count). The molecule has 0 aliphatic rings. The number of benzene rings is 1. The molecule has 18 heavy (non-hydrogen) atoms. The first-order valence-corrected chi connectivity index (χ1v) is 6.04. The second-order valence-electron chi connectivity index (χ2n) is 3.98. The van der Waals surface area contributed by atoms with Gasteiger partial charge in [0.15, 0.2) is 5.82 Å². The van der Waals surface area contributed by atoms with E-state index in [-0.39, 0.29) is 11.1 Å². The van der Waals surface area contributed by atoms with Gasteiger partial charge < -0.3 is 10.3 Å². The molecule has 1 unspecified atom stereocenters. The smallest absolute Gasteiger partial charge is 0.258 e. The Hall–Kier alpha value is -1.46. The van der Waals surface area contributed by atoms with E-state index in [2.05, 4.69) is 10.1 Å². The predicted octanol–water partition coefficient (Wildman–Crippen LogP) is 3.33. The first kappa shape index (κ1) is 13.0. The third kappa shape index (κ3) is 2.68. The molecule has 0 saturated heterocycles. The Morgan fingerprint density at radius 1 is 1.50 bits per heavy atom. The van der Waals surface area contributed by atoms with Crippen LogP contribution in [0.15, 0.2) is 22.7 Å². The fourth-order valence-electron chi connectivity index (χ4n) is 1.57. The summed E-state index contributed by atoms with van der Waals surface area (Å²) in [5.74, 6) is 0.258. The average molecular weight is 270 g/mol. The molecule has 1 aromatic carbocycles. The predicted molar refractivity (Wildman–Crippen MR) is 66.5 cm³/mol. The lowest BCUT2D eigenvalue weighted by Gasteiger charge is -2.02. The molecule has 6 heteroatoms. The van der Waals surface area contributed by atoms with Gasteiger partial charge in [-0.2, -0.15) is 4.98 Å². The lowest BCUT2D eigenvalue weighted by molar-refractivity contribution is 0.413. The minimum absolute atomic E-state index is 0.0186. The minimum Gasteiger partial charge on any atom is -0.334 e. The molecule has 0 saturated carbocycles. The molecule has 0 radical (unpaired) electrons. The van der Waals surface area contributed by atoms with Crippen molar-refractivity contribution in [2.24, 2.45) is 5.73 Å². The number of nitrogens with two attached hydrogens (primary N) is 1. The van der Waals surface area contributed by atoms with Crippen molar-refractivity contribution in [2.75, 3.05) is 0 Å². The van der Waals surface area contributed by atoms with Crippen molar-refractivity contribution in [2.45, 2.75) is 25.8 Å². The monoisotopic (exact) mass is 269 g/mol. The molecule has 2 N–H and O–H groups in total. The van der Waals surface area contributed by atoms with E-state index in [0.29, 0.717) is 17.3 Å². The van der Waals surface area contributed by atoms with Gasteiger partial charge in [0.1, 0.15) is 5.82 Å². The van der Waals surface area contributed by atoms with Crippen molar-refractivity contribution in [3.63, 3.8) is 0 Å². The fourth-order valence-corrected chi connectivity index (χ4v) is 1.75. The van der Waals surface area contributed by atoms with Crippen LogP contribution in [0, 0.1) is 5.82 Å². The zero-order valence-corrected chi connectivity index (χ0v) is 10.6.